The average Bonchev–Trinajstić information content (AvgIpc) is 2.89. The molecular weight excluding hydrogens is 529 g/mol. The molecule has 3 aromatic rings. The largest absolute Gasteiger partial charge is 0.494 e. The number of benzene rings is 3. The molecule has 1 saturated heterocycles. The normalized spacial score (nSPS) is 16.4. The molecule has 0 aromatic heterocycles. The van der Waals surface area contributed by atoms with Crippen molar-refractivity contribution < 1.29 is 9.84 Å². The van der Waals surface area contributed by atoms with Gasteiger partial charge in [-0.1, -0.05) is 60.7 Å². The molecule has 0 amide bonds. The van der Waals surface area contributed by atoms with Crippen molar-refractivity contribution in [3.8, 4) is 5.75 Å². The Bertz CT molecular complexity index is 981. The Balaban J connectivity index is 0.00000228. The molecule has 1 aliphatic rings. The molecule has 3 unspecified atom stereocenters. The van der Waals surface area contributed by atoms with Crippen LogP contribution < -0.4 is 20.3 Å². The number of hydrogen-bond acceptors (Lipinski definition) is 5. The molecule has 5 nitrogen and oxygen atoms in total. The van der Waals surface area contributed by atoms with E-state index in [0.717, 1.165) is 43.8 Å². The van der Waals surface area contributed by atoms with Gasteiger partial charge in [0, 0.05) is 50.4 Å². The van der Waals surface area contributed by atoms with E-state index >= 15 is 0 Å². The first-order chi connectivity index (χ1) is 16.7. The fourth-order valence-electron chi connectivity index (χ4n) is 4.54. The van der Waals surface area contributed by atoms with Gasteiger partial charge in [-0.25, -0.2) is 0 Å². The van der Waals surface area contributed by atoms with E-state index < -0.39 is 6.10 Å². The van der Waals surface area contributed by atoms with E-state index in [1.165, 1.54) is 11.3 Å². The second-order valence-electron chi connectivity index (χ2n) is 9.11. The number of nitrogens with one attached hydrogen (secondary N) is 2. The molecule has 0 saturated carbocycles. The lowest BCUT2D eigenvalue weighted by Gasteiger charge is -2.38. The maximum absolute atomic E-state index is 10.3. The van der Waals surface area contributed by atoms with Gasteiger partial charge in [-0.2, -0.15) is 0 Å². The fraction of sp³-hybridized carbons (Fsp3) is 0.379. The Hall–Kier alpha value is -1.99. The summed E-state index contributed by atoms with van der Waals surface area (Å²) in [6.45, 7) is 6.43. The van der Waals surface area contributed by atoms with Crippen molar-refractivity contribution in [2.75, 3.05) is 37.7 Å². The molecule has 3 aromatic carbocycles. The smallest absolute Gasteiger partial charge is 0.119 e. The molecule has 204 valence electrons. The number of piperazine rings is 1. The zero-order valence-electron chi connectivity index (χ0n) is 21.3. The highest BCUT2D eigenvalue weighted by atomic mass is 35.5. The second-order valence-corrected chi connectivity index (χ2v) is 9.11. The van der Waals surface area contributed by atoms with Gasteiger partial charge >= 0.3 is 0 Å². The SMILES string of the molecule is CC(Cc1ccc(OCCC2CNCCN2c2ccccc2)cc1)NCC(O)c1ccccc1.Cl.Cl.Cl. The van der Waals surface area contributed by atoms with Crippen molar-refractivity contribution in [3.05, 3.63) is 96.1 Å². The van der Waals surface area contributed by atoms with Gasteiger partial charge in [0.1, 0.15) is 5.75 Å². The van der Waals surface area contributed by atoms with Gasteiger partial charge < -0.3 is 25.4 Å². The number of para-hydroxylation sites is 1. The molecular formula is C29H40Cl3N3O2. The van der Waals surface area contributed by atoms with Crippen LogP contribution in [-0.2, 0) is 6.42 Å². The summed E-state index contributed by atoms with van der Waals surface area (Å²) in [6.07, 6.45) is 1.40. The number of aliphatic hydroxyl groups excluding tert-OH is 1. The molecule has 3 atom stereocenters. The quantitative estimate of drug-likeness (QED) is 0.287. The first kappa shape index (κ1) is 33.0. The molecule has 4 rings (SSSR count). The minimum Gasteiger partial charge on any atom is -0.494 e. The number of ether oxygens (including phenoxy) is 1. The summed E-state index contributed by atoms with van der Waals surface area (Å²) in [5.41, 5.74) is 3.49. The second kappa shape index (κ2) is 17.5. The summed E-state index contributed by atoms with van der Waals surface area (Å²) < 4.78 is 6.08. The number of hydrogen-bond donors (Lipinski definition) is 3. The molecule has 1 heterocycles. The first-order valence-corrected chi connectivity index (χ1v) is 12.4. The van der Waals surface area contributed by atoms with Crippen LogP contribution in [0.4, 0.5) is 5.69 Å². The van der Waals surface area contributed by atoms with Gasteiger partial charge in [-0.3, -0.25) is 0 Å². The lowest BCUT2D eigenvalue weighted by atomic mass is 10.1. The lowest BCUT2D eigenvalue weighted by Crippen LogP contribution is -2.52. The van der Waals surface area contributed by atoms with Crippen LogP contribution in [0.5, 0.6) is 5.75 Å². The van der Waals surface area contributed by atoms with Gasteiger partial charge in [0.15, 0.2) is 0 Å². The maximum Gasteiger partial charge on any atom is 0.119 e. The number of aliphatic hydroxyl groups is 1. The van der Waals surface area contributed by atoms with Crippen molar-refractivity contribution in [2.45, 2.75) is 38.0 Å². The van der Waals surface area contributed by atoms with Crippen molar-refractivity contribution in [1.29, 1.82) is 0 Å². The van der Waals surface area contributed by atoms with Gasteiger partial charge in [0.05, 0.1) is 12.7 Å². The van der Waals surface area contributed by atoms with Crippen LogP contribution in [0.2, 0.25) is 0 Å². The molecule has 0 bridgehead atoms. The summed E-state index contributed by atoms with van der Waals surface area (Å²) in [5, 5.41) is 17.3. The average molecular weight is 569 g/mol. The van der Waals surface area contributed by atoms with Crippen LogP contribution in [-0.4, -0.2) is 50.0 Å². The topological polar surface area (TPSA) is 56.8 Å². The number of halogens is 3. The fourth-order valence-corrected chi connectivity index (χ4v) is 4.54. The molecule has 0 aliphatic carbocycles. The minimum absolute atomic E-state index is 0. The lowest BCUT2D eigenvalue weighted by molar-refractivity contribution is 0.170. The molecule has 0 spiro atoms. The Morgan fingerprint density at radius 3 is 2.27 bits per heavy atom. The predicted octanol–water partition coefficient (Wildman–Crippen LogP) is 5.45. The van der Waals surface area contributed by atoms with E-state index in [0.29, 0.717) is 19.2 Å². The number of nitrogens with zero attached hydrogens (tertiary/aromatic N) is 1. The van der Waals surface area contributed by atoms with E-state index in [4.69, 9.17) is 4.74 Å². The van der Waals surface area contributed by atoms with E-state index in [2.05, 4.69) is 77.1 Å². The number of rotatable bonds is 11. The zero-order valence-corrected chi connectivity index (χ0v) is 23.7. The zero-order chi connectivity index (χ0) is 23.6. The van der Waals surface area contributed by atoms with E-state index in [1.807, 2.05) is 30.3 Å². The van der Waals surface area contributed by atoms with Crippen LogP contribution in [0.1, 0.15) is 30.6 Å². The summed E-state index contributed by atoms with van der Waals surface area (Å²) in [4.78, 5) is 2.49. The standard InChI is InChI=1S/C29H37N3O2.3ClH/c1-23(31-22-29(33)25-8-4-2-5-9-25)20-24-12-14-28(15-13-24)34-19-16-27-21-30-17-18-32(27)26-10-6-3-7-11-26;;;/h2-15,23,27,29-31,33H,16-22H2,1H3;3*1H. The van der Waals surface area contributed by atoms with Gasteiger partial charge in [-0.05, 0) is 48.7 Å². The summed E-state index contributed by atoms with van der Waals surface area (Å²) in [7, 11) is 0. The van der Waals surface area contributed by atoms with Crippen molar-refractivity contribution in [1.82, 2.24) is 10.6 Å². The van der Waals surface area contributed by atoms with Crippen molar-refractivity contribution in [3.63, 3.8) is 0 Å². The monoisotopic (exact) mass is 567 g/mol. The first-order valence-electron chi connectivity index (χ1n) is 12.4. The number of anilines is 1. The van der Waals surface area contributed by atoms with Crippen LogP contribution in [0.3, 0.4) is 0 Å². The maximum atomic E-state index is 10.3. The van der Waals surface area contributed by atoms with Crippen molar-refractivity contribution >= 4 is 42.9 Å². The van der Waals surface area contributed by atoms with E-state index in [9.17, 15) is 5.11 Å². The molecule has 1 aliphatic heterocycles. The molecule has 1 fully saturated rings. The highest BCUT2D eigenvalue weighted by Gasteiger charge is 2.22. The van der Waals surface area contributed by atoms with Crippen LogP contribution in [0.25, 0.3) is 0 Å². The third-order valence-corrected chi connectivity index (χ3v) is 6.47. The van der Waals surface area contributed by atoms with Gasteiger partial charge in [0.2, 0.25) is 0 Å². The Labute approximate surface area is 240 Å². The predicted molar refractivity (Wildman–Crippen MR) is 161 cm³/mol. The molecule has 3 N–H and O–H groups in total. The molecule has 8 heteroatoms. The van der Waals surface area contributed by atoms with Crippen molar-refractivity contribution in [2.24, 2.45) is 0 Å². The molecule has 0 radical (unpaired) electrons. The highest BCUT2D eigenvalue weighted by molar-refractivity contribution is 5.86. The third kappa shape index (κ3) is 10.4. The summed E-state index contributed by atoms with van der Waals surface area (Å²) in [5.74, 6) is 0.916. The van der Waals surface area contributed by atoms with Gasteiger partial charge in [0.25, 0.3) is 0 Å². The Morgan fingerprint density at radius 1 is 0.946 bits per heavy atom. The highest BCUT2D eigenvalue weighted by Crippen LogP contribution is 2.20. The third-order valence-electron chi connectivity index (χ3n) is 6.47. The van der Waals surface area contributed by atoms with Gasteiger partial charge in [-0.15, -0.1) is 37.2 Å². The van der Waals surface area contributed by atoms with Crippen LogP contribution >= 0.6 is 37.2 Å². The Kier molecular flexibility index (Phi) is 15.6. The van der Waals surface area contributed by atoms with E-state index in [1.54, 1.807) is 0 Å². The summed E-state index contributed by atoms with van der Waals surface area (Å²) in [6, 6.07) is 29.6. The Morgan fingerprint density at radius 2 is 1.59 bits per heavy atom. The summed E-state index contributed by atoms with van der Waals surface area (Å²) >= 11 is 0. The van der Waals surface area contributed by atoms with Crippen LogP contribution in [0, 0.1) is 0 Å². The van der Waals surface area contributed by atoms with Crippen LogP contribution in [0.15, 0.2) is 84.9 Å². The molecule has 37 heavy (non-hydrogen) atoms. The van der Waals surface area contributed by atoms with E-state index in [-0.39, 0.29) is 43.3 Å². The minimum atomic E-state index is -0.489.